The number of alkyl carbamates (subject to hydrolysis) is 1. The van der Waals surface area contributed by atoms with Crippen LogP contribution in [0.25, 0.3) is 16.8 Å². The van der Waals surface area contributed by atoms with Gasteiger partial charge in [-0.3, -0.25) is 14.7 Å². The predicted octanol–water partition coefficient (Wildman–Crippen LogP) is 5.89. The average Bonchev–Trinajstić information content (AvgIpc) is 3.76. The number of ether oxygens (including phenoxy) is 1. The second kappa shape index (κ2) is 16.5. The second-order valence-electron chi connectivity index (χ2n) is 12.9. The highest BCUT2D eigenvalue weighted by Crippen LogP contribution is 2.32. The third kappa shape index (κ3) is 10.7. The minimum atomic E-state index is -4.80. The van der Waals surface area contributed by atoms with E-state index >= 15 is 4.39 Å². The number of carbonyl (C=O) groups is 2. The van der Waals surface area contributed by atoms with Gasteiger partial charge in [-0.05, 0) is 41.7 Å². The van der Waals surface area contributed by atoms with Crippen LogP contribution < -0.4 is 11.1 Å². The van der Waals surface area contributed by atoms with Gasteiger partial charge in [0.25, 0.3) is 22.4 Å². The molecule has 2 aromatic heterocycles. The van der Waals surface area contributed by atoms with Crippen LogP contribution in [0.5, 0.6) is 0 Å². The van der Waals surface area contributed by atoms with E-state index in [0.29, 0.717) is 10.5 Å². The maximum atomic E-state index is 15.6. The second-order valence-corrected chi connectivity index (χ2v) is 15.2. The van der Waals surface area contributed by atoms with Crippen molar-refractivity contribution in [2.45, 2.75) is 45.8 Å². The fourth-order valence-corrected chi connectivity index (χ4v) is 5.54. The first-order chi connectivity index (χ1) is 25.1. The van der Waals surface area contributed by atoms with Gasteiger partial charge in [0.05, 0.1) is 35.4 Å². The van der Waals surface area contributed by atoms with Gasteiger partial charge in [-0.25, -0.2) is 36.0 Å². The maximum absolute atomic E-state index is 15.6. The van der Waals surface area contributed by atoms with Gasteiger partial charge in [-0.1, -0.05) is 44.5 Å². The Bertz CT molecular complexity index is 2130. The fourth-order valence-electron chi connectivity index (χ4n) is 4.82. The molecule has 14 nitrogen and oxygen atoms in total. The number of carbonyl (C=O) groups excluding carboxylic acids is 2. The molecule has 0 unspecified atom stereocenters. The summed E-state index contributed by atoms with van der Waals surface area (Å²) >= 11 is 6.36. The summed E-state index contributed by atoms with van der Waals surface area (Å²) in [6.07, 6.45) is -5.10. The number of aliphatic imine (C=N–C) groups is 1. The average molecular weight is 806 g/mol. The van der Waals surface area contributed by atoms with Crippen LogP contribution in [0.1, 0.15) is 61.4 Å². The summed E-state index contributed by atoms with van der Waals surface area (Å²) in [6.45, 7) is 3.14. The molecular weight excluding hydrogens is 772 g/mol. The summed E-state index contributed by atoms with van der Waals surface area (Å²) in [5.74, 6) is -3.32. The van der Waals surface area contributed by atoms with E-state index in [1.54, 1.807) is 5.32 Å². The van der Waals surface area contributed by atoms with Gasteiger partial charge in [0.1, 0.15) is 25.3 Å². The molecular formula is C32H34ClF6N9O5S. The zero-order valence-corrected chi connectivity index (χ0v) is 30.6. The Balaban J connectivity index is 1.85. The Kier molecular flexibility index (Phi) is 12.7. The smallest absolute Gasteiger partial charge is 0.407 e. The van der Waals surface area contributed by atoms with Crippen LogP contribution in [0.3, 0.4) is 0 Å². The van der Waals surface area contributed by atoms with Gasteiger partial charge in [0.2, 0.25) is 0 Å². The summed E-state index contributed by atoms with van der Waals surface area (Å²) in [7, 11) is -3.80. The Labute approximate surface area is 310 Å². The summed E-state index contributed by atoms with van der Waals surface area (Å²) in [6, 6.07) is 5.34. The van der Waals surface area contributed by atoms with E-state index in [-0.39, 0.29) is 44.9 Å². The van der Waals surface area contributed by atoms with Crippen molar-refractivity contribution in [1.82, 2.24) is 34.2 Å². The SMILES string of the molecule is CC(C)(C)CCN=C(N)N(C(=O)c1ccc(-c2cnn(S(C)(=O)=O)c2)c(F)c1)[C@H](COC(=O)NCC(F)(F)F)c1ccc(Cl)c(-n2ncnc2C(F)F)c1. The van der Waals surface area contributed by atoms with E-state index in [4.69, 9.17) is 22.1 Å². The molecule has 3 N–H and O–H groups in total. The zero-order valence-electron chi connectivity index (χ0n) is 29.0. The molecule has 54 heavy (non-hydrogen) atoms. The number of hydrogen-bond acceptors (Lipinski definition) is 9. The molecule has 2 amide bonds. The van der Waals surface area contributed by atoms with Crippen LogP contribution in [-0.4, -0.2) is 87.4 Å². The topological polar surface area (TPSA) is 180 Å². The van der Waals surface area contributed by atoms with E-state index in [9.17, 15) is 40.0 Å². The molecule has 0 saturated carbocycles. The van der Waals surface area contributed by atoms with Gasteiger partial charge >= 0.3 is 12.3 Å². The number of guanidine groups is 1. The third-order valence-corrected chi connectivity index (χ3v) is 8.70. The minimum Gasteiger partial charge on any atom is -0.447 e. The van der Waals surface area contributed by atoms with Crippen molar-refractivity contribution in [3.8, 4) is 16.8 Å². The molecule has 292 valence electrons. The van der Waals surface area contributed by atoms with Crippen molar-refractivity contribution >= 4 is 39.6 Å². The maximum Gasteiger partial charge on any atom is 0.407 e. The molecule has 22 heteroatoms. The highest BCUT2D eigenvalue weighted by Gasteiger charge is 2.34. The van der Waals surface area contributed by atoms with E-state index in [1.807, 2.05) is 20.8 Å². The van der Waals surface area contributed by atoms with Crippen LogP contribution in [0, 0.1) is 11.2 Å². The number of nitrogens with zero attached hydrogens (tertiary/aromatic N) is 7. The van der Waals surface area contributed by atoms with Crippen molar-refractivity contribution in [3.05, 3.63) is 82.9 Å². The molecule has 0 aliphatic heterocycles. The number of aromatic nitrogens is 5. The number of rotatable bonds is 12. The lowest BCUT2D eigenvalue weighted by Gasteiger charge is -2.32. The van der Waals surface area contributed by atoms with Crippen molar-refractivity contribution in [1.29, 1.82) is 0 Å². The van der Waals surface area contributed by atoms with Crippen LogP contribution in [0.15, 0.2) is 60.1 Å². The highest BCUT2D eigenvalue weighted by molar-refractivity contribution is 7.89. The van der Waals surface area contributed by atoms with Crippen LogP contribution in [-0.2, 0) is 14.8 Å². The summed E-state index contributed by atoms with van der Waals surface area (Å²) in [4.78, 5) is 35.5. The lowest BCUT2D eigenvalue weighted by molar-refractivity contribution is -0.123. The quantitative estimate of drug-likeness (QED) is 0.100. The van der Waals surface area contributed by atoms with Gasteiger partial charge < -0.3 is 15.8 Å². The predicted molar refractivity (Wildman–Crippen MR) is 184 cm³/mol. The number of halogens is 7. The highest BCUT2D eigenvalue weighted by atomic mass is 35.5. The number of alkyl halides is 5. The molecule has 2 aromatic carbocycles. The van der Waals surface area contributed by atoms with Gasteiger partial charge in [-0.15, -0.1) is 0 Å². The molecule has 0 aliphatic carbocycles. The fraction of sp³-hybridized carbons (Fsp3) is 0.375. The molecule has 4 rings (SSSR count). The molecule has 0 fully saturated rings. The molecule has 0 radical (unpaired) electrons. The van der Waals surface area contributed by atoms with Gasteiger partial charge in [0.15, 0.2) is 11.8 Å². The Morgan fingerprint density at radius 1 is 1.11 bits per heavy atom. The number of benzene rings is 2. The molecule has 0 aliphatic rings. The standard InChI is InChI=1S/C32H34ClF6N9O5S/c1-31(2,3)9-10-41-29(40)47(28(49)19-5-7-21(23(34)11-19)20-13-44-46(14-20)54(4,51)52)25(15-53-30(50)42-16-32(37,38)39)18-6-8-22(33)24(12-18)48-27(26(35)36)43-17-45-48/h5-8,11-14,17,25-26H,9-10,15-16H2,1-4H3,(H2,40,41)(H,42,50)/t25-/m1/s1. The minimum absolute atomic E-state index is 0.0126. The van der Waals surface area contributed by atoms with Gasteiger partial charge in [0, 0.05) is 23.2 Å². The van der Waals surface area contributed by atoms with Crippen LogP contribution in [0.4, 0.5) is 31.1 Å². The van der Waals surface area contributed by atoms with Crippen molar-refractivity contribution < 1.29 is 49.1 Å². The van der Waals surface area contributed by atoms with Crippen molar-refractivity contribution in [2.24, 2.45) is 16.1 Å². The molecule has 0 bridgehead atoms. The third-order valence-electron chi connectivity index (χ3n) is 7.50. The molecule has 0 saturated heterocycles. The van der Waals surface area contributed by atoms with E-state index in [1.165, 1.54) is 30.3 Å². The first kappa shape index (κ1) is 41.6. The Morgan fingerprint density at radius 3 is 2.41 bits per heavy atom. The monoisotopic (exact) mass is 805 g/mol. The van der Waals surface area contributed by atoms with Crippen LogP contribution in [0.2, 0.25) is 5.02 Å². The lowest BCUT2D eigenvalue weighted by Crippen LogP contribution is -2.47. The first-order valence-electron chi connectivity index (χ1n) is 15.7. The van der Waals surface area contributed by atoms with Crippen molar-refractivity contribution in [2.75, 3.05) is 26.0 Å². The largest absolute Gasteiger partial charge is 0.447 e. The number of hydrogen-bond donors (Lipinski definition) is 2. The molecule has 1 atom stereocenters. The Hall–Kier alpha value is -5.18. The Morgan fingerprint density at radius 2 is 1.81 bits per heavy atom. The van der Waals surface area contributed by atoms with E-state index in [0.717, 1.165) is 40.6 Å². The molecule has 2 heterocycles. The normalized spacial score (nSPS) is 13.2. The zero-order chi connectivity index (χ0) is 40.2. The molecule has 4 aromatic rings. The summed E-state index contributed by atoms with van der Waals surface area (Å²) in [5.41, 5.74) is 5.54. The van der Waals surface area contributed by atoms with Gasteiger partial charge in [-0.2, -0.15) is 27.5 Å². The first-order valence-corrected chi connectivity index (χ1v) is 17.9. The summed E-state index contributed by atoms with van der Waals surface area (Å²) < 4.78 is 112. The summed E-state index contributed by atoms with van der Waals surface area (Å²) in [5, 5.41) is 8.94. The van der Waals surface area contributed by atoms with Crippen molar-refractivity contribution in [3.63, 3.8) is 0 Å². The van der Waals surface area contributed by atoms with E-state index in [2.05, 4.69) is 20.2 Å². The lowest BCUT2D eigenvalue weighted by atomic mass is 9.92. The number of nitrogens with two attached hydrogens (primary N) is 1. The number of nitrogens with one attached hydrogen (secondary N) is 1. The number of amides is 2. The molecule has 0 spiro atoms. The van der Waals surface area contributed by atoms with E-state index < -0.39 is 71.4 Å². The van der Waals surface area contributed by atoms with Crippen LogP contribution >= 0.6 is 11.6 Å².